The maximum atomic E-state index is 11.3. The zero-order valence-electron chi connectivity index (χ0n) is 9.63. The Bertz CT molecular complexity index is 225. The largest absolute Gasteiger partial charge is 0.469 e. The van der Waals surface area contributed by atoms with Crippen molar-refractivity contribution < 1.29 is 34.2 Å². The molecule has 0 saturated carbocycles. The van der Waals surface area contributed by atoms with E-state index in [4.69, 9.17) is 19.9 Å². The van der Waals surface area contributed by atoms with Gasteiger partial charge in [0, 0.05) is 0 Å². The standard InChI is InChI=1S/C9H17NO7/c1-15-9(14)6-8(13)7-10(16-4-2-11)17-5-3-12/h11-12H,2-7H2,1H3. The number of Topliss-reactive ketones (excluding diaryl/α,β-unsaturated/α-hetero) is 1. The highest BCUT2D eigenvalue weighted by Crippen LogP contribution is 1.96. The first-order valence-electron chi connectivity index (χ1n) is 4.97. The van der Waals surface area contributed by atoms with Crippen LogP contribution in [-0.2, 0) is 24.0 Å². The van der Waals surface area contributed by atoms with Crippen molar-refractivity contribution in [1.29, 1.82) is 0 Å². The quantitative estimate of drug-likeness (QED) is 0.268. The van der Waals surface area contributed by atoms with Gasteiger partial charge in [-0.2, -0.15) is 0 Å². The predicted molar refractivity (Wildman–Crippen MR) is 54.4 cm³/mol. The first kappa shape index (κ1) is 15.9. The molecule has 0 unspecified atom stereocenters. The lowest BCUT2D eigenvalue weighted by molar-refractivity contribution is -0.366. The molecule has 0 heterocycles. The normalized spacial score (nSPS) is 10.6. The molecular weight excluding hydrogens is 234 g/mol. The van der Waals surface area contributed by atoms with Crippen LogP contribution in [0.3, 0.4) is 0 Å². The number of esters is 1. The summed E-state index contributed by atoms with van der Waals surface area (Å²) in [6, 6.07) is 0. The molecule has 0 bridgehead atoms. The van der Waals surface area contributed by atoms with Gasteiger partial charge < -0.3 is 14.9 Å². The van der Waals surface area contributed by atoms with Gasteiger partial charge in [0.25, 0.3) is 0 Å². The van der Waals surface area contributed by atoms with Crippen LogP contribution in [0, 0.1) is 0 Å². The van der Waals surface area contributed by atoms with Crippen LogP contribution in [-0.4, -0.2) is 67.3 Å². The van der Waals surface area contributed by atoms with E-state index in [-0.39, 0.29) is 33.0 Å². The summed E-state index contributed by atoms with van der Waals surface area (Å²) in [5.41, 5.74) is 0. The van der Waals surface area contributed by atoms with E-state index in [1.807, 2.05) is 0 Å². The minimum Gasteiger partial charge on any atom is -0.469 e. The smallest absolute Gasteiger partial charge is 0.313 e. The third kappa shape index (κ3) is 8.72. The molecule has 0 aromatic rings. The Morgan fingerprint density at radius 3 is 2.06 bits per heavy atom. The first-order valence-corrected chi connectivity index (χ1v) is 4.97. The number of methoxy groups -OCH3 is 1. The number of ether oxygens (including phenoxy) is 1. The molecule has 0 aliphatic heterocycles. The van der Waals surface area contributed by atoms with E-state index in [2.05, 4.69) is 4.74 Å². The van der Waals surface area contributed by atoms with E-state index in [0.29, 0.717) is 0 Å². The number of hydrogen-bond donors (Lipinski definition) is 2. The summed E-state index contributed by atoms with van der Waals surface area (Å²) in [5, 5.41) is 17.9. The highest BCUT2D eigenvalue weighted by Gasteiger charge is 2.15. The number of aliphatic hydroxyl groups excluding tert-OH is 2. The lowest BCUT2D eigenvalue weighted by Crippen LogP contribution is -2.33. The Balaban J connectivity index is 4.02. The number of ketones is 1. The van der Waals surface area contributed by atoms with Crippen LogP contribution in [0.15, 0.2) is 0 Å². The average Bonchev–Trinajstić information content (AvgIpc) is 2.32. The Morgan fingerprint density at radius 1 is 1.12 bits per heavy atom. The molecule has 0 aliphatic rings. The zero-order valence-corrected chi connectivity index (χ0v) is 9.63. The fourth-order valence-corrected chi connectivity index (χ4v) is 0.847. The van der Waals surface area contributed by atoms with E-state index in [9.17, 15) is 9.59 Å². The van der Waals surface area contributed by atoms with Gasteiger partial charge in [-0.25, -0.2) is 0 Å². The van der Waals surface area contributed by atoms with Crippen molar-refractivity contribution in [2.45, 2.75) is 6.42 Å². The third-order valence-corrected chi connectivity index (χ3v) is 1.53. The fraction of sp³-hybridized carbons (Fsp3) is 0.778. The van der Waals surface area contributed by atoms with Crippen LogP contribution < -0.4 is 0 Å². The van der Waals surface area contributed by atoms with Crippen LogP contribution in [0.25, 0.3) is 0 Å². The Hall–Kier alpha value is -1.06. The van der Waals surface area contributed by atoms with Gasteiger partial charge in [0.1, 0.15) is 13.0 Å². The minimum atomic E-state index is -0.653. The molecule has 0 fully saturated rings. The summed E-state index contributed by atoms with van der Waals surface area (Å²) in [6.07, 6.45) is -0.391. The summed E-state index contributed by atoms with van der Waals surface area (Å²) in [4.78, 5) is 31.8. The van der Waals surface area contributed by atoms with Gasteiger partial charge in [-0.3, -0.25) is 19.3 Å². The van der Waals surface area contributed by atoms with Gasteiger partial charge in [0.2, 0.25) is 0 Å². The Labute approximate surface area is 98.6 Å². The third-order valence-electron chi connectivity index (χ3n) is 1.53. The zero-order chi connectivity index (χ0) is 13.1. The predicted octanol–water partition coefficient (Wildman–Crippen LogP) is -1.73. The van der Waals surface area contributed by atoms with Gasteiger partial charge in [0.15, 0.2) is 5.78 Å². The fourth-order valence-electron chi connectivity index (χ4n) is 0.847. The van der Waals surface area contributed by atoms with E-state index in [0.717, 1.165) is 5.23 Å². The number of hydrogen-bond acceptors (Lipinski definition) is 8. The van der Waals surface area contributed by atoms with Gasteiger partial charge in [-0.1, -0.05) is 5.23 Å². The molecule has 17 heavy (non-hydrogen) atoms. The second-order valence-corrected chi connectivity index (χ2v) is 2.90. The monoisotopic (exact) mass is 251 g/mol. The van der Waals surface area contributed by atoms with Crippen LogP contribution in [0.1, 0.15) is 6.42 Å². The van der Waals surface area contributed by atoms with Crippen LogP contribution in [0.4, 0.5) is 0 Å². The molecular formula is C9H17NO7. The molecule has 0 saturated heterocycles. The topological polar surface area (TPSA) is 106 Å². The summed E-state index contributed by atoms with van der Waals surface area (Å²) in [5.74, 6) is -1.12. The van der Waals surface area contributed by atoms with Crippen molar-refractivity contribution in [3.63, 3.8) is 0 Å². The molecule has 0 atom stereocenters. The van der Waals surface area contributed by atoms with Gasteiger partial charge in [-0.15, -0.1) is 0 Å². The van der Waals surface area contributed by atoms with Gasteiger partial charge in [-0.05, 0) is 0 Å². The van der Waals surface area contributed by atoms with Crippen molar-refractivity contribution in [3.8, 4) is 0 Å². The number of aliphatic hydroxyl groups is 2. The molecule has 2 N–H and O–H groups in total. The van der Waals surface area contributed by atoms with Crippen molar-refractivity contribution in [2.24, 2.45) is 0 Å². The van der Waals surface area contributed by atoms with Crippen LogP contribution in [0.2, 0.25) is 0 Å². The minimum absolute atomic E-state index is 0.0586. The van der Waals surface area contributed by atoms with Crippen molar-refractivity contribution in [3.05, 3.63) is 0 Å². The van der Waals surface area contributed by atoms with Gasteiger partial charge in [0.05, 0.1) is 33.5 Å². The van der Waals surface area contributed by atoms with Crippen molar-refractivity contribution >= 4 is 11.8 Å². The molecule has 0 aliphatic carbocycles. The average molecular weight is 251 g/mol. The summed E-state index contributed by atoms with van der Waals surface area (Å²) >= 11 is 0. The van der Waals surface area contributed by atoms with E-state index >= 15 is 0 Å². The molecule has 0 rings (SSSR count). The number of rotatable bonds is 10. The molecule has 0 aromatic carbocycles. The molecule has 0 spiro atoms. The highest BCUT2D eigenvalue weighted by molar-refractivity contribution is 5.96. The van der Waals surface area contributed by atoms with E-state index in [1.54, 1.807) is 0 Å². The number of carbonyl (C=O) groups is 2. The first-order chi connectivity index (χ1) is 8.13. The van der Waals surface area contributed by atoms with Crippen molar-refractivity contribution in [1.82, 2.24) is 5.23 Å². The molecule has 100 valence electrons. The summed E-state index contributed by atoms with van der Waals surface area (Å²) in [6.45, 7) is -0.905. The summed E-state index contributed by atoms with van der Waals surface area (Å²) < 4.78 is 4.32. The van der Waals surface area contributed by atoms with Crippen LogP contribution >= 0.6 is 0 Å². The van der Waals surface area contributed by atoms with Crippen LogP contribution in [0.5, 0.6) is 0 Å². The molecule has 0 radical (unpaired) electrons. The number of carbonyl (C=O) groups excluding carboxylic acids is 2. The number of nitrogens with zero attached hydrogens (tertiary/aromatic N) is 1. The SMILES string of the molecule is COC(=O)CC(=O)CN(OCCO)OCCO. The lowest BCUT2D eigenvalue weighted by atomic mass is 10.3. The van der Waals surface area contributed by atoms with Crippen molar-refractivity contribution in [2.75, 3.05) is 40.1 Å². The Kier molecular flexibility index (Phi) is 9.49. The van der Waals surface area contributed by atoms with Gasteiger partial charge >= 0.3 is 5.97 Å². The van der Waals surface area contributed by atoms with E-state index < -0.39 is 18.2 Å². The second-order valence-electron chi connectivity index (χ2n) is 2.90. The maximum absolute atomic E-state index is 11.3. The molecule has 0 amide bonds. The molecule has 8 nitrogen and oxygen atoms in total. The maximum Gasteiger partial charge on any atom is 0.313 e. The van der Waals surface area contributed by atoms with E-state index in [1.165, 1.54) is 7.11 Å². The molecule has 0 aromatic heterocycles. The lowest BCUT2D eigenvalue weighted by Gasteiger charge is -2.19. The number of hydroxylamine groups is 2. The second kappa shape index (κ2) is 10.1. The summed E-state index contributed by atoms with van der Waals surface area (Å²) in [7, 11) is 1.18. The highest BCUT2D eigenvalue weighted by atomic mass is 16.9. The molecule has 8 heteroatoms. The Morgan fingerprint density at radius 2 is 1.65 bits per heavy atom.